The first kappa shape index (κ1) is 23.2. The average molecular weight is 451 g/mol. The predicted molar refractivity (Wildman–Crippen MR) is 113 cm³/mol. The standard InChI is InChI=1S/C19H23BrN4O4/c1-11(21)5-7-13(22)16(25)10-17(26)23-15-9-12(20)6-8-14(15)24-18(27)28-19(2,3)4/h5-9,21-22H,10H2,1-4H3,(H,23,26)(H,24,27)/b7-5-,21-11?,22-13?. The summed E-state index contributed by atoms with van der Waals surface area (Å²) >= 11 is 3.28. The summed E-state index contributed by atoms with van der Waals surface area (Å²) < 4.78 is 5.85. The Morgan fingerprint density at radius 1 is 1.11 bits per heavy atom. The lowest BCUT2D eigenvalue weighted by Crippen LogP contribution is -2.28. The van der Waals surface area contributed by atoms with E-state index in [1.165, 1.54) is 19.1 Å². The molecule has 1 aromatic carbocycles. The van der Waals surface area contributed by atoms with Crippen LogP contribution in [0.25, 0.3) is 0 Å². The van der Waals surface area contributed by atoms with Crippen LogP contribution in [0.3, 0.4) is 0 Å². The van der Waals surface area contributed by atoms with Gasteiger partial charge in [-0.15, -0.1) is 0 Å². The molecule has 0 aliphatic rings. The number of rotatable bonds is 7. The molecule has 1 rings (SSSR count). The summed E-state index contributed by atoms with van der Waals surface area (Å²) in [5.41, 5.74) is -0.293. The van der Waals surface area contributed by atoms with Gasteiger partial charge in [0.25, 0.3) is 0 Å². The Labute approximate surface area is 171 Å². The van der Waals surface area contributed by atoms with Crippen LogP contribution in [-0.4, -0.2) is 34.8 Å². The van der Waals surface area contributed by atoms with E-state index < -0.39 is 29.8 Å². The molecule has 0 heterocycles. The fraction of sp³-hybridized carbons (Fsp3) is 0.316. The summed E-state index contributed by atoms with van der Waals surface area (Å²) in [5, 5.41) is 20.0. The van der Waals surface area contributed by atoms with Crippen molar-refractivity contribution in [1.82, 2.24) is 0 Å². The van der Waals surface area contributed by atoms with Crippen molar-refractivity contribution in [2.75, 3.05) is 10.6 Å². The van der Waals surface area contributed by atoms with Crippen LogP contribution < -0.4 is 10.6 Å². The topological polar surface area (TPSA) is 132 Å². The van der Waals surface area contributed by atoms with Gasteiger partial charge in [-0.1, -0.05) is 15.9 Å². The van der Waals surface area contributed by atoms with Crippen molar-refractivity contribution in [3.05, 3.63) is 34.8 Å². The molecule has 0 fully saturated rings. The summed E-state index contributed by atoms with van der Waals surface area (Å²) in [5.74, 6) is -1.33. The molecule has 8 nitrogen and oxygen atoms in total. The Morgan fingerprint density at radius 2 is 1.75 bits per heavy atom. The zero-order chi connectivity index (χ0) is 21.5. The van der Waals surface area contributed by atoms with Gasteiger partial charge in [-0.05, 0) is 58.0 Å². The Bertz CT molecular complexity index is 841. The number of carbonyl (C=O) groups is 3. The normalized spacial score (nSPS) is 11.0. The van der Waals surface area contributed by atoms with E-state index in [0.717, 1.165) is 0 Å². The SMILES string of the molecule is CC(=N)/C=C\C(=N)C(=O)CC(=O)Nc1cc(Br)ccc1NC(=O)OC(C)(C)C. The molecule has 150 valence electrons. The van der Waals surface area contributed by atoms with Gasteiger partial charge >= 0.3 is 6.09 Å². The summed E-state index contributed by atoms with van der Waals surface area (Å²) in [6, 6.07) is 4.81. The summed E-state index contributed by atoms with van der Waals surface area (Å²) in [4.78, 5) is 36.1. The van der Waals surface area contributed by atoms with E-state index in [1.807, 2.05) is 0 Å². The van der Waals surface area contributed by atoms with E-state index in [1.54, 1.807) is 39.0 Å². The van der Waals surface area contributed by atoms with E-state index in [2.05, 4.69) is 26.6 Å². The molecular formula is C19H23BrN4O4. The van der Waals surface area contributed by atoms with Crippen molar-refractivity contribution in [2.24, 2.45) is 0 Å². The number of carbonyl (C=O) groups excluding carboxylic acids is 3. The first-order valence-corrected chi connectivity index (χ1v) is 9.11. The van der Waals surface area contributed by atoms with Crippen LogP contribution in [0.5, 0.6) is 0 Å². The zero-order valence-electron chi connectivity index (χ0n) is 16.1. The van der Waals surface area contributed by atoms with Gasteiger partial charge in [0.15, 0.2) is 5.78 Å². The Morgan fingerprint density at radius 3 is 2.32 bits per heavy atom. The first-order chi connectivity index (χ1) is 12.9. The number of nitrogens with one attached hydrogen (secondary N) is 4. The molecule has 0 aromatic heterocycles. The second-order valence-electron chi connectivity index (χ2n) is 6.89. The van der Waals surface area contributed by atoms with Crippen LogP contribution in [0.2, 0.25) is 0 Å². The highest BCUT2D eigenvalue weighted by molar-refractivity contribution is 9.10. The van der Waals surface area contributed by atoms with E-state index in [-0.39, 0.29) is 17.1 Å². The fourth-order valence-corrected chi connectivity index (χ4v) is 2.24. The third-order valence-electron chi connectivity index (χ3n) is 3.01. The van der Waals surface area contributed by atoms with Gasteiger partial charge in [-0.3, -0.25) is 20.3 Å². The maximum Gasteiger partial charge on any atom is 0.412 e. The maximum absolute atomic E-state index is 12.2. The van der Waals surface area contributed by atoms with Gasteiger partial charge in [0.1, 0.15) is 5.60 Å². The van der Waals surface area contributed by atoms with Gasteiger partial charge in [0.2, 0.25) is 5.91 Å². The first-order valence-electron chi connectivity index (χ1n) is 8.32. The van der Waals surface area contributed by atoms with Crippen LogP contribution in [0.15, 0.2) is 34.8 Å². The molecule has 0 aliphatic heterocycles. The van der Waals surface area contributed by atoms with Crippen molar-refractivity contribution in [2.45, 2.75) is 39.7 Å². The van der Waals surface area contributed by atoms with Crippen molar-refractivity contribution in [1.29, 1.82) is 10.8 Å². The van der Waals surface area contributed by atoms with E-state index >= 15 is 0 Å². The van der Waals surface area contributed by atoms with E-state index in [0.29, 0.717) is 10.2 Å². The van der Waals surface area contributed by atoms with Crippen LogP contribution in [0, 0.1) is 10.8 Å². The molecule has 9 heteroatoms. The van der Waals surface area contributed by atoms with Crippen LogP contribution >= 0.6 is 15.9 Å². The van der Waals surface area contributed by atoms with Gasteiger partial charge in [0.05, 0.1) is 23.5 Å². The third kappa shape index (κ3) is 8.72. The Hall–Kier alpha value is -2.81. The zero-order valence-corrected chi connectivity index (χ0v) is 17.7. The van der Waals surface area contributed by atoms with Gasteiger partial charge < -0.3 is 15.5 Å². The smallest absolute Gasteiger partial charge is 0.412 e. The highest BCUT2D eigenvalue weighted by atomic mass is 79.9. The minimum atomic E-state index is -0.688. The largest absolute Gasteiger partial charge is 0.444 e. The number of hydrogen-bond donors (Lipinski definition) is 4. The van der Waals surface area contributed by atoms with E-state index in [4.69, 9.17) is 15.6 Å². The minimum absolute atomic E-state index is 0.189. The fourth-order valence-electron chi connectivity index (χ4n) is 1.88. The third-order valence-corrected chi connectivity index (χ3v) is 3.51. The number of anilines is 2. The molecular weight excluding hydrogens is 428 g/mol. The second-order valence-corrected chi connectivity index (χ2v) is 7.81. The number of ketones is 1. The van der Waals surface area contributed by atoms with Crippen LogP contribution in [0.1, 0.15) is 34.1 Å². The molecule has 0 saturated heterocycles. The highest BCUT2D eigenvalue weighted by Gasteiger charge is 2.19. The van der Waals surface area contributed by atoms with Crippen molar-refractivity contribution >= 4 is 56.5 Å². The molecule has 0 aliphatic carbocycles. The summed E-state index contributed by atoms with van der Waals surface area (Å²) in [7, 11) is 0. The lowest BCUT2D eigenvalue weighted by atomic mass is 10.1. The van der Waals surface area contributed by atoms with Crippen LogP contribution in [-0.2, 0) is 14.3 Å². The molecule has 0 saturated carbocycles. The average Bonchev–Trinajstić information content (AvgIpc) is 2.53. The molecule has 0 bridgehead atoms. The summed E-state index contributed by atoms with van der Waals surface area (Å²) in [6.45, 7) is 6.69. The molecule has 0 atom stereocenters. The number of hydrogen-bond acceptors (Lipinski definition) is 6. The lowest BCUT2D eigenvalue weighted by Gasteiger charge is -2.20. The number of halogens is 1. The monoisotopic (exact) mass is 450 g/mol. The Balaban J connectivity index is 2.84. The van der Waals surface area contributed by atoms with Crippen molar-refractivity contribution in [3.63, 3.8) is 0 Å². The number of Topliss-reactive ketones (excluding diaryl/α,β-unsaturated/α-hetero) is 1. The lowest BCUT2D eigenvalue weighted by molar-refractivity contribution is -0.122. The molecule has 2 amide bonds. The highest BCUT2D eigenvalue weighted by Crippen LogP contribution is 2.27. The second kappa shape index (κ2) is 9.93. The van der Waals surface area contributed by atoms with E-state index in [9.17, 15) is 14.4 Å². The number of benzene rings is 1. The van der Waals surface area contributed by atoms with Crippen molar-refractivity contribution < 1.29 is 19.1 Å². The molecule has 0 spiro atoms. The minimum Gasteiger partial charge on any atom is -0.444 e. The predicted octanol–water partition coefficient (Wildman–Crippen LogP) is 4.31. The number of amides is 2. The molecule has 28 heavy (non-hydrogen) atoms. The number of allylic oxidation sites excluding steroid dienone is 2. The summed E-state index contributed by atoms with van der Waals surface area (Å²) in [6.07, 6.45) is 1.25. The van der Waals surface area contributed by atoms with Gasteiger partial charge in [-0.2, -0.15) is 0 Å². The quantitative estimate of drug-likeness (QED) is 0.363. The van der Waals surface area contributed by atoms with Crippen LogP contribution in [0.4, 0.5) is 16.2 Å². The van der Waals surface area contributed by atoms with Crippen molar-refractivity contribution in [3.8, 4) is 0 Å². The molecule has 0 unspecified atom stereocenters. The Kier molecular flexibility index (Phi) is 8.24. The van der Waals surface area contributed by atoms with Gasteiger partial charge in [-0.25, -0.2) is 4.79 Å². The molecule has 0 radical (unpaired) electrons. The molecule has 4 N–H and O–H groups in total. The number of ether oxygens (including phenoxy) is 1. The maximum atomic E-state index is 12.2. The molecule has 1 aromatic rings. The van der Waals surface area contributed by atoms with Gasteiger partial charge in [0, 0.05) is 10.2 Å².